The van der Waals surface area contributed by atoms with Crippen molar-refractivity contribution >= 4 is 5.78 Å². The molecule has 0 amide bonds. The van der Waals surface area contributed by atoms with Crippen LogP contribution in [0.4, 0.5) is 0 Å². The number of Topliss-reactive ketones (excluding diaryl/α,β-unsaturated/α-hetero) is 1. The molecule has 2 unspecified atom stereocenters. The van der Waals surface area contributed by atoms with Crippen LogP contribution in [0.2, 0.25) is 0 Å². The maximum Gasteiger partial charge on any atom is 0.237 e. The maximum absolute atomic E-state index is 11.7. The molecule has 1 aromatic heterocycles. The minimum Gasteiger partial charge on any atom is -0.367 e. The molecule has 5 heteroatoms. The lowest BCUT2D eigenvalue weighted by atomic mass is 9.92. The lowest BCUT2D eigenvalue weighted by Crippen LogP contribution is -2.31. The van der Waals surface area contributed by atoms with Crippen LogP contribution in [-0.2, 0) is 15.1 Å². The van der Waals surface area contributed by atoms with Crippen LogP contribution in [0.15, 0.2) is 4.52 Å². The Morgan fingerprint density at radius 2 is 2.11 bits per heavy atom. The lowest BCUT2D eigenvalue weighted by molar-refractivity contribution is -0.119. The van der Waals surface area contributed by atoms with Gasteiger partial charge in [0.15, 0.2) is 0 Å². The van der Waals surface area contributed by atoms with Crippen LogP contribution in [-0.4, -0.2) is 22.5 Å². The molecule has 19 heavy (non-hydrogen) atoms. The summed E-state index contributed by atoms with van der Waals surface area (Å²) in [7, 11) is 0. The van der Waals surface area contributed by atoms with E-state index in [0.717, 1.165) is 25.9 Å². The summed E-state index contributed by atoms with van der Waals surface area (Å²) in [6.45, 7) is 8.23. The van der Waals surface area contributed by atoms with Crippen LogP contribution in [0.1, 0.15) is 64.6 Å². The molecule has 2 atom stereocenters. The van der Waals surface area contributed by atoms with E-state index in [9.17, 15) is 4.79 Å². The van der Waals surface area contributed by atoms with E-state index >= 15 is 0 Å². The maximum atomic E-state index is 11.7. The molecular formula is C14H22N2O3. The third-order valence-electron chi connectivity index (χ3n) is 3.75. The smallest absolute Gasteiger partial charge is 0.237 e. The van der Waals surface area contributed by atoms with Gasteiger partial charge in [-0.2, -0.15) is 4.98 Å². The first-order valence-electron chi connectivity index (χ1n) is 6.92. The molecule has 2 rings (SSSR count). The fourth-order valence-corrected chi connectivity index (χ4v) is 2.62. The summed E-state index contributed by atoms with van der Waals surface area (Å²) < 4.78 is 11.1. The summed E-state index contributed by atoms with van der Waals surface area (Å²) in [5.74, 6) is 0.848. The van der Waals surface area contributed by atoms with Gasteiger partial charge in [-0.1, -0.05) is 19.0 Å². The van der Waals surface area contributed by atoms with Crippen LogP contribution in [0, 0.1) is 5.92 Å². The second-order valence-corrected chi connectivity index (χ2v) is 5.82. The summed E-state index contributed by atoms with van der Waals surface area (Å²) in [6.07, 6.45) is 3.06. The number of hydrogen-bond acceptors (Lipinski definition) is 5. The molecule has 0 spiro atoms. The highest BCUT2D eigenvalue weighted by molar-refractivity contribution is 5.82. The zero-order chi connectivity index (χ0) is 14.0. The van der Waals surface area contributed by atoms with Gasteiger partial charge in [-0.3, -0.25) is 4.79 Å². The summed E-state index contributed by atoms with van der Waals surface area (Å²) >= 11 is 0. The molecule has 1 saturated heterocycles. The fourth-order valence-electron chi connectivity index (χ4n) is 2.62. The molecule has 0 aromatic carbocycles. The van der Waals surface area contributed by atoms with Crippen LogP contribution in [0.3, 0.4) is 0 Å². The van der Waals surface area contributed by atoms with Crippen molar-refractivity contribution in [3.05, 3.63) is 11.7 Å². The molecule has 1 aliphatic heterocycles. The summed E-state index contributed by atoms with van der Waals surface area (Å²) in [5.41, 5.74) is -0.474. The van der Waals surface area contributed by atoms with E-state index in [-0.39, 0.29) is 17.6 Å². The number of nitrogens with zero attached hydrogens (tertiary/aromatic N) is 2. The van der Waals surface area contributed by atoms with Crippen molar-refractivity contribution in [3.8, 4) is 0 Å². The number of hydrogen-bond donors (Lipinski definition) is 0. The monoisotopic (exact) mass is 266 g/mol. The molecule has 5 nitrogen and oxygen atoms in total. The number of carbonyl (C=O) groups excluding carboxylic acids is 1. The number of rotatable bonds is 4. The highest BCUT2D eigenvalue weighted by Crippen LogP contribution is 2.34. The molecule has 106 valence electrons. The van der Waals surface area contributed by atoms with Gasteiger partial charge in [-0.05, 0) is 39.0 Å². The highest BCUT2D eigenvalue weighted by atomic mass is 16.5. The minimum absolute atomic E-state index is 0.0555. The van der Waals surface area contributed by atoms with Gasteiger partial charge in [0.05, 0.1) is 5.92 Å². The number of aromatic nitrogens is 2. The molecule has 1 fully saturated rings. The first-order chi connectivity index (χ1) is 8.94. The second-order valence-electron chi connectivity index (χ2n) is 5.82. The summed E-state index contributed by atoms with van der Waals surface area (Å²) in [4.78, 5) is 16.1. The molecular weight excluding hydrogens is 244 g/mol. The Balaban J connectivity index is 2.25. The first kappa shape index (κ1) is 14.2. The van der Waals surface area contributed by atoms with Crippen molar-refractivity contribution in [2.45, 2.75) is 58.5 Å². The van der Waals surface area contributed by atoms with E-state index in [0.29, 0.717) is 11.7 Å². The lowest BCUT2D eigenvalue weighted by Gasteiger charge is -2.30. The van der Waals surface area contributed by atoms with Crippen molar-refractivity contribution in [2.24, 2.45) is 5.92 Å². The SMILES string of the molecule is CC(=O)C(c1nc(C2(C)CCCCO2)no1)C(C)C. The highest BCUT2D eigenvalue weighted by Gasteiger charge is 2.36. The summed E-state index contributed by atoms with van der Waals surface area (Å²) in [5, 5.41) is 4.03. The van der Waals surface area contributed by atoms with Crippen LogP contribution in [0.25, 0.3) is 0 Å². The molecule has 1 aromatic rings. The predicted octanol–water partition coefficient (Wildman–Crippen LogP) is 2.81. The predicted molar refractivity (Wildman–Crippen MR) is 69.7 cm³/mol. The molecule has 1 aliphatic rings. The van der Waals surface area contributed by atoms with Gasteiger partial charge >= 0.3 is 0 Å². The van der Waals surface area contributed by atoms with Gasteiger partial charge in [0.1, 0.15) is 11.4 Å². The van der Waals surface area contributed by atoms with E-state index in [1.165, 1.54) is 0 Å². The van der Waals surface area contributed by atoms with Crippen LogP contribution in [0.5, 0.6) is 0 Å². The topological polar surface area (TPSA) is 65.2 Å². The minimum atomic E-state index is -0.474. The Bertz CT molecular complexity index is 447. The van der Waals surface area contributed by atoms with Gasteiger partial charge in [-0.15, -0.1) is 0 Å². The van der Waals surface area contributed by atoms with Gasteiger partial charge in [0, 0.05) is 6.61 Å². The average molecular weight is 266 g/mol. The Kier molecular flexibility index (Phi) is 4.04. The van der Waals surface area contributed by atoms with Gasteiger partial charge in [-0.25, -0.2) is 0 Å². The molecule has 0 saturated carbocycles. The van der Waals surface area contributed by atoms with E-state index < -0.39 is 5.60 Å². The molecule has 0 aliphatic carbocycles. The van der Waals surface area contributed by atoms with E-state index in [1.54, 1.807) is 6.92 Å². The van der Waals surface area contributed by atoms with E-state index in [2.05, 4.69) is 10.1 Å². The van der Waals surface area contributed by atoms with Crippen molar-refractivity contribution < 1.29 is 14.1 Å². The molecule has 0 N–H and O–H groups in total. The van der Waals surface area contributed by atoms with Crippen LogP contribution >= 0.6 is 0 Å². The Hall–Kier alpha value is -1.23. The Labute approximate surface area is 113 Å². The van der Waals surface area contributed by atoms with E-state index in [4.69, 9.17) is 9.26 Å². The van der Waals surface area contributed by atoms with Gasteiger partial charge in [0.25, 0.3) is 0 Å². The average Bonchev–Trinajstić information content (AvgIpc) is 2.79. The first-order valence-corrected chi connectivity index (χ1v) is 6.92. The van der Waals surface area contributed by atoms with Crippen molar-refractivity contribution in [1.29, 1.82) is 0 Å². The molecule has 2 heterocycles. The number of ketones is 1. The number of carbonyl (C=O) groups is 1. The van der Waals surface area contributed by atoms with Crippen molar-refractivity contribution in [3.63, 3.8) is 0 Å². The largest absolute Gasteiger partial charge is 0.367 e. The van der Waals surface area contributed by atoms with Crippen molar-refractivity contribution in [1.82, 2.24) is 10.1 Å². The second kappa shape index (κ2) is 5.41. The van der Waals surface area contributed by atoms with Crippen molar-refractivity contribution in [2.75, 3.05) is 6.61 Å². The zero-order valence-electron chi connectivity index (χ0n) is 12.1. The third-order valence-corrected chi connectivity index (χ3v) is 3.75. The van der Waals surface area contributed by atoms with Gasteiger partial charge < -0.3 is 9.26 Å². The standard InChI is InChI=1S/C14H22N2O3/c1-9(2)11(10(3)17)12-15-13(16-19-12)14(4)7-5-6-8-18-14/h9,11H,5-8H2,1-4H3. The van der Waals surface area contributed by atoms with Crippen LogP contribution < -0.4 is 0 Å². The normalized spacial score (nSPS) is 25.5. The van der Waals surface area contributed by atoms with Gasteiger partial charge in [0.2, 0.25) is 11.7 Å². The zero-order valence-corrected chi connectivity index (χ0v) is 12.1. The summed E-state index contributed by atoms with van der Waals surface area (Å²) in [6, 6.07) is 0. The number of ether oxygens (including phenoxy) is 1. The Morgan fingerprint density at radius 1 is 1.37 bits per heavy atom. The fraction of sp³-hybridized carbons (Fsp3) is 0.786. The quantitative estimate of drug-likeness (QED) is 0.838. The van der Waals surface area contributed by atoms with E-state index in [1.807, 2.05) is 20.8 Å². The third kappa shape index (κ3) is 2.86. The Morgan fingerprint density at radius 3 is 2.63 bits per heavy atom. The molecule has 0 radical (unpaired) electrons. The molecule has 0 bridgehead atoms.